The van der Waals surface area contributed by atoms with E-state index in [-0.39, 0.29) is 34.3 Å². The third kappa shape index (κ3) is 3.68. The number of rotatable bonds is 8. The molecular weight excluding hydrogens is 469 g/mol. The molecule has 3 aromatic heterocycles. The van der Waals surface area contributed by atoms with Crippen molar-refractivity contribution in [3.63, 3.8) is 0 Å². The SMILES string of the molecule is COCC12CC(c3cn4cc(C(=O)Nc5cccn(C6CC6F)c5=O)c(OC(C)C)nc4n3)(CO1)C2. The first-order valence-corrected chi connectivity index (χ1v) is 12.1. The molecule has 36 heavy (non-hydrogen) atoms. The molecule has 7 rings (SSSR count). The fourth-order valence-corrected chi connectivity index (χ4v) is 5.47. The molecule has 11 heteroatoms. The predicted octanol–water partition coefficient (Wildman–Crippen LogP) is 2.66. The topological polar surface area (TPSA) is 109 Å². The zero-order valence-electron chi connectivity index (χ0n) is 20.4. The molecule has 1 amide bonds. The molecule has 1 N–H and O–H groups in total. The van der Waals surface area contributed by atoms with Crippen LogP contribution < -0.4 is 15.6 Å². The van der Waals surface area contributed by atoms with Gasteiger partial charge in [0.05, 0.1) is 36.7 Å². The number of nitrogens with zero attached hydrogens (tertiary/aromatic N) is 4. The maximum atomic E-state index is 13.5. The van der Waals surface area contributed by atoms with Gasteiger partial charge in [0.1, 0.15) is 17.4 Å². The number of pyridine rings is 1. The first-order chi connectivity index (χ1) is 17.2. The van der Waals surface area contributed by atoms with Gasteiger partial charge in [-0.15, -0.1) is 0 Å². The number of aromatic nitrogens is 4. The monoisotopic (exact) mass is 497 g/mol. The Labute approximate surface area is 206 Å². The van der Waals surface area contributed by atoms with E-state index < -0.39 is 23.7 Å². The Morgan fingerprint density at radius 1 is 1.33 bits per heavy atom. The second kappa shape index (κ2) is 8.10. The van der Waals surface area contributed by atoms with E-state index in [1.807, 2.05) is 20.0 Å². The number of carbonyl (C=O) groups is 1. The Bertz CT molecular complexity index is 1410. The summed E-state index contributed by atoms with van der Waals surface area (Å²) in [5.41, 5.74) is 0.177. The van der Waals surface area contributed by atoms with Gasteiger partial charge < -0.3 is 24.1 Å². The summed E-state index contributed by atoms with van der Waals surface area (Å²) in [6, 6.07) is 2.63. The number of imidazole rings is 1. The predicted molar refractivity (Wildman–Crippen MR) is 127 cm³/mol. The quantitative estimate of drug-likeness (QED) is 0.510. The first-order valence-electron chi connectivity index (χ1n) is 12.1. The Balaban J connectivity index is 1.32. The normalized spacial score (nSPS) is 28.4. The van der Waals surface area contributed by atoms with Gasteiger partial charge in [0, 0.05) is 37.5 Å². The van der Waals surface area contributed by atoms with Gasteiger partial charge in [-0.3, -0.25) is 14.0 Å². The third-order valence-electron chi connectivity index (χ3n) is 7.19. The average Bonchev–Trinajstić information content (AvgIpc) is 3.13. The van der Waals surface area contributed by atoms with Crippen molar-refractivity contribution in [3.8, 4) is 5.88 Å². The van der Waals surface area contributed by atoms with Gasteiger partial charge in [0.25, 0.3) is 11.5 Å². The maximum Gasteiger partial charge on any atom is 0.274 e. The summed E-state index contributed by atoms with van der Waals surface area (Å²) >= 11 is 0. The number of ether oxygens (including phenoxy) is 3. The second-order valence-corrected chi connectivity index (χ2v) is 10.4. The van der Waals surface area contributed by atoms with Gasteiger partial charge in [0.2, 0.25) is 11.7 Å². The number of alkyl halides is 1. The van der Waals surface area contributed by atoms with Gasteiger partial charge in [-0.25, -0.2) is 9.37 Å². The number of halogens is 1. The minimum absolute atomic E-state index is 0.0643. The lowest BCUT2D eigenvalue weighted by atomic mass is 9.61. The van der Waals surface area contributed by atoms with Crippen LogP contribution in [0.5, 0.6) is 5.88 Å². The van der Waals surface area contributed by atoms with Crippen LogP contribution in [0.2, 0.25) is 0 Å². The zero-order chi connectivity index (χ0) is 25.2. The molecule has 0 radical (unpaired) electrons. The van der Waals surface area contributed by atoms with Crippen LogP contribution >= 0.6 is 0 Å². The molecule has 10 nitrogen and oxygen atoms in total. The van der Waals surface area contributed by atoms with Crippen molar-refractivity contribution in [1.29, 1.82) is 0 Å². The number of hydrogen-bond acceptors (Lipinski definition) is 7. The van der Waals surface area contributed by atoms with Gasteiger partial charge in [-0.05, 0) is 38.8 Å². The lowest BCUT2D eigenvalue weighted by Gasteiger charge is -2.43. The van der Waals surface area contributed by atoms with Gasteiger partial charge in [-0.2, -0.15) is 4.98 Å². The lowest BCUT2D eigenvalue weighted by molar-refractivity contribution is -0.0614. The highest BCUT2D eigenvalue weighted by molar-refractivity contribution is 6.05. The van der Waals surface area contributed by atoms with E-state index in [2.05, 4.69) is 10.3 Å². The molecule has 5 heterocycles. The molecule has 2 aliphatic heterocycles. The van der Waals surface area contributed by atoms with Crippen molar-refractivity contribution in [1.82, 2.24) is 18.9 Å². The van der Waals surface area contributed by atoms with Crippen molar-refractivity contribution in [2.24, 2.45) is 0 Å². The number of carbonyl (C=O) groups excluding carboxylic acids is 1. The number of methoxy groups -OCH3 is 1. The van der Waals surface area contributed by atoms with Crippen LogP contribution in [0.3, 0.4) is 0 Å². The molecule has 0 spiro atoms. The second-order valence-electron chi connectivity index (χ2n) is 10.4. The van der Waals surface area contributed by atoms with Crippen molar-refractivity contribution < 1.29 is 23.4 Å². The molecule has 2 saturated carbocycles. The fraction of sp³-hybridized carbons (Fsp3) is 0.520. The minimum atomic E-state index is -1.04. The van der Waals surface area contributed by atoms with E-state index in [0.29, 0.717) is 25.4 Å². The number of nitrogens with one attached hydrogen (secondary N) is 1. The van der Waals surface area contributed by atoms with Gasteiger partial charge in [0.15, 0.2) is 0 Å². The van der Waals surface area contributed by atoms with Crippen molar-refractivity contribution in [3.05, 3.63) is 52.3 Å². The van der Waals surface area contributed by atoms with Crippen molar-refractivity contribution in [2.75, 3.05) is 25.6 Å². The molecular formula is C25H28FN5O5. The molecule has 4 aliphatic rings. The minimum Gasteiger partial charge on any atom is -0.474 e. The van der Waals surface area contributed by atoms with E-state index in [1.54, 1.807) is 23.8 Å². The molecule has 190 valence electrons. The highest BCUT2D eigenvalue weighted by Gasteiger charge is 2.64. The van der Waals surface area contributed by atoms with E-state index in [4.69, 9.17) is 19.2 Å². The van der Waals surface area contributed by atoms with E-state index in [1.165, 1.54) is 16.8 Å². The Hall–Kier alpha value is -3.31. The van der Waals surface area contributed by atoms with Crippen molar-refractivity contribution >= 4 is 17.4 Å². The Morgan fingerprint density at radius 3 is 2.81 bits per heavy atom. The average molecular weight is 498 g/mol. The number of amides is 1. The molecule has 2 aliphatic carbocycles. The molecule has 4 fully saturated rings. The highest BCUT2D eigenvalue weighted by atomic mass is 19.1. The molecule has 2 bridgehead atoms. The van der Waals surface area contributed by atoms with E-state index in [9.17, 15) is 14.0 Å². The van der Waals surface area contributed by atoms with E-state index in [0.717, 1.165) is 18.5 Å². The van der Waals surface area contributed by atoms with Crippen LogP contribution in [-0.2, 0) is 14.9 Å². The number of anilines is 1. The fourth-order valence-electron chi connectivity index (χ4n) is 5.47. The summed E-state index contributed by atoms with van der Waals surface area (Å²) in [6.07, 6.45) is 5.67. The van der Waals surface area contributed by atoms with Crippen LogP contribution in [0.4, 0.5) is 10.1 Å². The van der Waals surface area contributed by atoms with Crippen LogP contribution in [0, 0.1) is 0 Å². The number of hydrogen-bond donors (Lipinski definition) is 1. The summed E-state index contributed by atoms with van der Waals surface area (Å²) in [6.45, 7) is 4.78. The molecule has 2 unspecified atom stereocenters. The summed E-state index contributed by atoms with van der Waals surface area (Å²) in [4.78, 5) is 35.4. The Morgan fingerprint density at radius 2 is 2.11 bits per heavy atom. The maximum absolute atomic E-state index is 13.5. The third-order valence-corrected chi connectivity index (χ3v) is 7.19. The van der Waals surface area contributed by atoms with Crippen LogP contribution in [-0.4, -0.2) is 63.0 Å². The summed E-state index contributed by atoms with van der Waals surface area (Å²) < 4.78 is 33.7. The molecule has 3 aromatic rings. The Kier molecular flexibility index (Phi) is 5.20. The molecule has 2 saturated heterocycles. The standard InChI is InChI=1S/C25H28FN5O5/c1-14(2)36-21-15(20(32)27-17-5-4-6-31(22(17)33)18-7-16(18)26)8-30-9-19(28-23(30)29-21)24-10-25(11-24,13-34-3)35-12-24/h4-6,8-9,14,16,18H,7,10-13H2,1-3H3,(H,27,32). The zero-order valence-corrected chi connectivity index (χ0v) is 20.4. The number of fused-ring (bicyclic) bond motifs is 2. The first kappa shape index (κ1) is 23.1. The highest BCUT2D eigenvalue weighted by Crippen LogP contribution is 2.58. The van der Waals surface area contributed by atoms with Gasteiger partial charge >= 0.3 is 0 Å². The van der Waals surface area contributed by atoms with Crippen molar-refractivity contribution in [2.45, 2.75) is 62.4 Å². The summed E-state index contributed by atoms with van der Waals surface area (Å²) in [5, 5.41) is 2.66. The van der Waals surface area contributed by atoms with Crippen LogP contribution in [0.15, 0.2) is 35.5 Å². The smallest absolute Gasteiger partial charge is 0.274 e. The largest absolute Gasteiger partial charge is 0.474 e. The lowest BCUT2D eigenvalue weighted by Crippen LogP contribution is -2.49. The molecule has 2 atom stereocenters. The van der Waals surface area contributed by atoms with Crippen LogP contribution in [0.25, 0.3) is 5.78 Å². The van der Waals surface area contributed by atoms with E-state index >= 15 is 0 Å². The summed E-state index contributed by atoms with van der Waals surface area (Å²) in [5.74, 6) is -0.0210. The van der Waals surface area contributed by atoms with Crippen LogP contribution in [0.1, 0.15) is 55.2 Å². The molecule has 0 aromatic carbocycles. The van der Waals surface area contributed by atoms with Gasteiger partial charge in [-0.1, -0.05) is 0 Å². The summed E-state index contributed by atoms with van der Waals surface area (Å²) in [7, 11) is 1.67.